The Morgan fingerprint density at radius 1 is 1.11 bits per heavy atom. The van der Waals surface area contributed by atoms with E-state index in [1.807, 2.05) is 12.4 Å². The molecule has 0 radical (unpaired) electrons. The molecule has 1 N–H and O–H groups in total. The molecule has 4 heteroatoms. The monoisotopic (exact) mass is 375 g/mol. The van der Waals surface area contributed by atoms with Gasteiger partial charge in [0.25, 0.3) is 0 Å². The highest BCUT2D eigenvalue weighted by molar-refractivity contribution is 5.78. The van der Waals surface area contributed by atoms with E-state index in [0.717, 1.165) is 38.9 Å². The second-order valence-corrected chi connectivity index (χ2v) is 8.95. The molecule has 2 aliphatic carbocycles. The van der Waals surface area contributed by atoms with Crippen LogP contribution in [0.25, 0.3) is 0 Å². The molecule has 4 nitrogen and oxygen atoms in total. The van der Waals surface area contributed by atoms with E-state index in [1.165, 1.54) is 29.5 Å². The SMILES string of the molecule is O=C(C[C@H]1CC2(CCN(Cc3ccncc3)CC2)c2ccccc21)NC1CC1. The van der Waals surface area contributed by atoms with E-state index in [0.29, 0.717) is 18.4 Å². The average Bonchev–Trinajstić information content (AvgIpc) is 3.48. The second kappa shape index (κ2) is 7.32. The maximum atomic E-state index is 12.5. The molecule has 5 rings (SSSR count). The number of piperidine rings is 1. The molecule has 0 bridgehead atoms. The summed E-state index contributed by atoms with van der Waals surface area (Å²) in [6.45, 7) is 3.25. The van der Waals surface area contributed by atoms with Crippen LogP contribution in [0.15, 0.2) is 48.8 Å². The van der Waals surface area contributed by atoms with Crippen LogP contribution in [0.2, 0.25) is 0 Å². The summed E-state index contributed by atoms with van der Waals surface area (Å²) in [7, 11) is 0. The third kappa shape index (κ3) is 3.58. The summed E-state index contributed by atoms with van der Waals surface area (Å²) in [6.07, 6.45) is 10.2. The highest BCUT2D eigenvalue weighted by Gasteiger charge is 2.45. The predicted molar refractivity (Wildman–Crippen MR) is 110 cm³/mol. The highest BCUT2D eigenvalue weighted by atomic mass is 16.1. The number of carbonyl (C=O) groups excluding carboxylic acids is 1. The molecule has 3 aliphatic rings. The van der Waals surface area contributed by atoms with Crippen molar-refractivity contribution in [2.75, 3.05) is 13.1 Å². The molecular formula is C24H29N3O. The van der Waals surface area contributed by atoms with Gasteiger partial charge >= 0.3 is 0 Å². The van der Waals surface area contributed by atoms with E-state index in [-0.39, 0.29) is 11.3 Å². The number of hydrogen-bond acceptors (Lipinski definition) is 3. The summed E-state index contributed by atoms with van der Waals surface area (Å²) in [5.41, 5.74) is 4.54. The van der Waals surface area contributed by atoms with Crippen LogP contribution in [0.3, 0.4) is 0 Å². The van der Waals surface area contributed by atoms with Gasteiger partial charge in [-0.25, -0.2) is 0 Å². The minimum atomic E-state index is 0.245. The van der Waals surface area contributed by atoms with Gasteiger partial charge in [0.15, 0.2) is 0 Å². The summed E-state index contributed by atoms with van der Waals surface area (Å²) in [5.74, 6) is 0.621. The van der Waals surface area contributed by atoms with Crippen molar-refractivity contribution in [3.05, 3.63) is 65.5 Å². The first-order valence-corrected chi connectivity index (χ1v) is 10.7. The van der Waals surface area contributed by atoms with Gasteiger partial charge in [-0.1, -0.05) is 24.3 Å². The van der Waals surface area contributed by atoms with Gasteiger partial charge in [-0.2, -0.15) is 0 Å². The van der Waals surface area contributed by atoms with Crippen molar-refractivity contribution in [2.24, 2.45) is 0 Å². The summed E-state index contributed by atoms with van der Waals surface area (Å²) < 4.78 is 0. The van der Waals surface area contributed by atoms with Crippen molar-refractivity contribution in [2.45, 2.75) is 62.4 Å². The molecule has 1 saturated heterocycles. The zero-order valence-corrected chi connectivity index (χ0v) is 16.4. The number of benzene rings is 1. The third-order valence-corrected chi connectivity index (χ3v) is 6.95. The van der Waals surface area contributed by atoms with Crippen molar-refractivity contribution < 1.29 is 4.79 Å². The Hall–Kier alpha value is -2.20. The number of pyridine rings is 1. The van der Waals surface area contributed by atoms with Gasteiger partial charge in [0, 0.05) is 31.4 Å². The molecule has 0 unspecified atom stereocenters. The van der Waals surface area contributed by atoms with Crippen molar-refractivity contribution >= 4 is 5.91 Å². The molecule has 2 heterocycles. The molecule has 1 atom stereocenters. The minimum absolute atomic E-state index is 0.245. The lowest BCUT2D eigenvalue weighted by Gasteiger charge is -2.40. The van der Waals surface area contributed by atoms with Gasteiger partial charge in [0.2, 0.25) is 5.91 Å². The Balaban J connectivity index is 1.28. The van der Waals surface area contributed by atoms with Gasteiger partial charge in [-0.3, -0.25) is 14.7 Å². The summed E-state index contributed by atoms with van der Waals surface area (Å²) in [6, 6.07) is 13.6. The number of likely N-dealkylation sites (tertiary alicyclic amines) is 1. The fourth-order valence-electron chi connectivity index (χ4n) is 5.31. The van der Waals surface area contributed by atoms with Crippen LogP contribution < -0.4 is 5.32 Å². The minimum Gasteiger partial charge on any atom is -0.353 e. The number of fused-ring (bicyclic) bond motifs is 2. The lowest BCUT2D eigenvalue weighted by Crippen LogP contribution is -2.41. The maximum Gasteiger partial charge on any atom is 0.220 e. The quantitative estimate of drug-likeness (QED) is 0.865. The Morgan fingerprint density at radius 2 is 1.86 bits per heavy atom. The molecule has 1 aromatic heterocycles. The molecule has 2 aromatic rings. The molecule has 1 amide bonds. The molecule has 2 fully saturated rings. The van der Waals surface area contributed by atoms with E-state index in [2.05, 4.69) is 51.6 Å². The van der Waals surface area contributed by atoms with E-state index >= 15 is 0 Å². The summed E-state index contributed by atoms with van der Waals surface area (Å²) >= 11 is 0. The Kier molecular flexibility index (Phi) is 4.67. The number of amides is 1. The van der Waals surface area contributed by atoms with Crippen LogP contribution in [-0.2, 0) is 16.8 Å². The normalized spacial score (nSPS) is 23.5. The van der Waals surface area contributed by atoms with Crippen molar-refractivity contribution in [1.82, 2.24) is 15.2 Å². The Bertz CT molecular complexity index is 838. The molecule has 1 aromatic carbocycles. The van der Waals surface area contributed by atoms with Crippen LogP contribution >= 0.6 is 0 Å². The first-order chi connectivity index (χ1) is 13.7. The third-order valence-electron chi connectivity index (χ3n) is 6.95. The number of carbonyl (C=O) groups is 1. The topological polar surface area (TPSA) is 45.2 Å². The van der Waals surface area contributed by atoms with Gasteiger partial charge < -0.3 is 5.32 Å². The van der Waals surface area contributed by atoms with E-state index < -0.39 is 0 Å². The van der Waals surface area contributed by atoms with Crippen LogP contribution in [0.5, 0.6) is 0 Å². The largest absolute Gasteiger partial charge is 0.353 e. The number of aromatic nitrogens is 1. The smallest absolute Gasteiger partial charge is 0.220 e. The van der Waals surface area contributed by atoms with Crippen LogP contribution in [0.1, 0.15) is 61.1 Å². The van der Waals surface area contributed by atoms with Crippen LogP contribution in [0, 0.1) is 0 Å². The van der Waals surface area contributed by atoms with Gasteiger partial charge in [0.1, 0.15) is 0 Å². The van der Waals surface area contributed by atoms with Crippen molar-refractivity contribution in [1.29, 1.82) is 0 Å². The van der Waals surface area contributed by atoms with E-state index in [9.17, 15) is 4.79 Å². The van der Waals surface area contributed by atoms with E-state index in [4.69, 9.17) is 0 Å². The lowest BCUT2D eigenvalue weighted by molar-refractivity contribution is -0.121. The predicted octanol–water partition coefficient (Wildman–Crippen LogP) is 3.77. The number of rotatable bonds is 5. The van der Waals surface area contributed by atoms with Crippen molar-refractivity contribution in [3.8, 4) is 0 Å². The van der Waals surface area contributed by atoms with Crippen molar-refractivity contribution in [3.63, 3.8) is 0 Å². The zero-order valence-electron chi connectivity index (χ0n) is 16.4. The average molecular weight is 376 g/mol. The molecular weight excluding hydrogens is 346 g/mol. The first-order valence-electron chi connectivity index (χ1n) is 10.7. The number of nitrogens with one attached hydrogen (secondary N) is 1. The molecule has 146 valence electrons. The fraction of sp³-hybridized carbons (Fsp3) is 0.500. The lowest BCUT2D eigenvalue weighted by atomic mass is 9.73. The van der Waals surface area contributed by atoms with Gasteiger partial charge in [-0.15, -0.1) is 0 Å². The van der Waals surface area contributed by atoms with Crippen LogP contribution in [-0.4, -0.2) is 34.9 Å². The second-order valence-electron chi connectivity index (χ2n) is 8.95. The standard InChI is InChI=1S/C24H29N3O/c28-23(26-20-5-6-20)15-19-16-24(22-4-2-1-3-21(19)22)9-13-27(14-10-24)17-18-7-11-25-12-8-18/h1-4,7-8,11-12,19-20H,5-6,9-10,13-17H2,(H,26,28)/t19-/m0/s1. The summed E-state index contributed by atoms with van der Waals surface area (Å²) in [4.78, 5) is 19.2. The van der Waals surface area contributed by atoms with Gasteiger partial charge in [-0.05, 0) is 85.3 Å². The fourth-order valence-corrected chi connectivity index (χ4v) is 5.31. The molecule has 28 heavy (non-hydrogen) atoms. The van der Waals surface area contributed by atoms with E-state index in [1.54, 1.807) is 0 Å². The van der Waals surface area contributed by atoms with Gasteiger partial charge in [0.05, 0.1) is 0 Å². The Morgan fingerprint density at radius 3 is 2.61 bits per heavy atom. The number of hydrogen-bond donors (Lipinski definition) is 1. The molecule has 1 spiro atoms. The zero-order chi connectivity index (χ0) is 19.0. The molecule has 1 saturated carbocycles. The van der Waals surface area contributed by atoms with Crippen LogP contribution in [0.4, 0.5) is 0 Å². The highest BCUT2D eigenvalue weighted by Crippen LogP contribution is 2.52. The maximum absolute atomic E-state index is 12.5. The summed E-state index contributed by atoms with van der Waals surface area (Å²) in [5, 5.41) is 3.19. The molecule has 1 aliphatic heterocycles. The Labute approximate surface area is 167 Å². The first kappa shape index (κ1) is 17.9. The number of nitrogens with zero attached hydrogens (tertiary/aromatic N) is 2.